The molecule has 0 radical (unpaired) electrons. The molecule has 4 nitrogen and oxygen atoms in total. The van der Waals surface area contributed by atoms with Gasteiger partial charge in [0, 0.05) is 11.8 Å². The summed E-state index contributed by atoms with van der Waals surface area (Å²) in [4.78, 5) is 10.2. The normalized spacial score (nSPS) is 13.1. The van der Waals surface area contributed by atoms with Crippen molar-refractivity contribution in [1.29, 1.82) is 0 Å². The third-order valence-electron chi connectivity index (χ3n) is 3.62. The predicted molar refractivity (Wildman–Crippen MR) is 73.1 cm³/mol. The van der Waals surface area contributed by atoms with Crippen LogP contribution in [0, 0.1) is 0 Å². The van der Waals surface area contributed by atoms with E-state index in [0.717, 1.165) is 17.9 Å². The van der Waals surface area contributed by atoms with Crippen molar-refractivity contribution in [2.45, 2.75) is 6.54 Å². The van der Waals surface area contributed by atoms with Crippen molar-refractivity contribution in [3.63, 3.8) is 0 Å². The van der Waals surface area contributed by atoms with Gasteiger partial charge in [0.1, 0.15) is 22.8 Å². The minimum atomic E-state index is 0.905. The maximum absolute atomic E-state index is 4.51. The molecular weight excluding hydrogens is 256 g/mol. The number of pyridine rings is 2. The van der Waals surface area contributed by atoms with Gasteiger partial charge in [-0.25, -0.2) is 4.57 Å². The summed E-state index contributed by atoms with van der Waals surface area (Å²) in [6, 6.07) is 8.26. The fourth-order valence-electron chi connectivity index (χ4n) is 2.79. The Kier molecular flexibility index (Phi) is 1.62. The van der Waals surface area contributed by atoms with Gasteiger partial charge in [-0.3, -0.25) is 4.98 Å². The zero-order chi connectivity index (χ0) is 12.4. The van der Waals surface area contributed by atoms with Gasteiger partial charge in [0.15, 0.2) is 5.69 Å². The maximum atomic E-state index is 4.51. The zero-order valence-corrected chi connectivity index (χ0v) is 10.8. The van der Waals surface area contributed by atoms with Gasteiger partial charge in [-0.05, 0) is 18.2 Å². The molecule has 0 saturated carbocycles. The number of fused-ring (bicyclic) bond motifs is 7. The molecule has 0 bridgehead atoms. The van der Waals surface area contributed by atoms with E-state index in [1.54, 1.807) is 11.3 Å². The Balaban J connectivity index is 1.93. The van der Waals surface area contributed by atoms with Gasteiger partial charge in [0.2, 0.25) is 0 Å². The smallest absolute Gasteiger partial charge is 0.253 e. The summed E-state index contributed by atoms with van der Waals surface area (Å²) < 4.78 is 5.72. The van der Waals surface area contributed by atoms with Crippen molar-refractivity contribution in [3.8, 4) is 11.4 Å². The lowest BCUT2D eigenvalue weighted by molar-refractivity contribution is -0.478. The van der Waals surface area contributed by atoms with E-state index in [2.05, 4.69) is 37.3 Å². The first-order valence-electron chi connectivity index (χ1n) is 6.14. The van der Waals surface area contributed by atoms with Crippen LogP contribution in [0.1, 0.15) is 5.56 Å². The highest BCUT2D eigenvalue weighted by Crippen LogP contribution is 2.33. The highest BCUT2D eigenvalue weighted by atomic mass is 32.1. The third kappa shape index (κ3) is 1.11. The van der Waals surface area contributed by atoms with Gasteiger partial charge >= 0.3 is 0 Å². The van der Waals surface area contributed by atoms with Gasteiger partial charge in [-0.15, -0.1) is 4.98 Å². The summed E-state index contributed by atoms with van der Waals surface area (Å²) in [6.45, 7) is 0.905. The van der Waals surface area contributed by atoms with Crippen molar-refractivity contribution in [1.82, 2.24) is 14.5 Å². The molecule has 4 aromatic rings. The lowest BCUT2D eigenvalue weighted by Gasteiger charge is -1.92. The summed E-state index contributed by atoms with van der Waals surface area (Å²) >= 11 is 1.78. The molecule has 1 aliphatic rings. The molecule has 0 unspecified atom stereocenters. The Bertz CT molecular complexity index is 951. The lowest BCUT2D eigenvalue weighted by atomic mass is 10.2. The molecule has 19 heavy (non-hydrogen) atoms. The molecule has 5 heterocycles. The molecule has 90 valence electrons. The standard InChI is InChI=1S/C14H9N4S/c1-3-9-7-17-10(12(9)15-5-1)8-18-13-11(19-14(17)18)4-2-6-16-13/h1-6,8H,7H2/q+1. The number of imidazole rings is 1. The molecule has 0 N–H and O–H groups in total. The average Bonchev–Trinajstić information content (AvgIpc) is 3.07. The van der Waals surface area contributed by atoms with E-state index in [4.69, 9.17) is 0 Å². The van der Waals surface area contributed by atoms with Gasteiger partial charge in [0.25, 0.3) is 10.6 Å². The summed E-state index contributed by atoms with van der Waals surface area (Å²) in [5.74, 6) is 0. The van der Waals surface area contributed by atoms with Crippen molar-refractivity contribution in [2.24, 2.45) is 0 Å². The van der Waals surface area contributed by atoms with Gasteiger partial charge in [0.05, 0.1) is 6.54 Å². The van der Waals surface area contributed by atoms with Crippen LogP contribution in [-0.2, 0) is 6.54 Å². The van der Waals surface area contributed by atoms with Crippen molar-refractivity contribution in [2.75, 3.05) is 0 Å². The fraction of sp³-hybridized carbons (Fsp3) is 0.0714. The van der Waals surface area contributed by atoms with Crippen LogP contribution in [0.4, 0.5) is 0 Å². The molecule has 5 heteroatoms. The first-order valence-corrected chi connectivity index (χ1v) is 6.96. The van der Waals surface area contributed by atoms with Crippen LogP contribution >= 0.6 is 11.3 Å². The number of hydrogen-bond donors (Lipinski definition) is 0. The second-order valence-corrected chi connectivity index (χ2v) is 5.70. The van der Waals surface area contributed by atoms with Crippen molar-refractivity contribution >= 4 is 26.6 Å². The summed E-state index contributed by atoms with van der Waals surface area (Å²) in [5.41, 5.74) is 4.61. The van der Waals surface area contributed by atoms with E-state index >= 15 is 0 Å². The van der Waals surface area contributed by atoms with Crippen LogP contribution in [0.2, 0.25) is 0 Å². The fourth-order valence-corrected chi connectivity index (χ4v) is 3.88. The monoisotopic (exact) mass is 265 g/mol. The largest absolute Gasteiger partial charge is 0.293 e. The molecule has 0 atom stereocenters. The van der Waals surface area contributed by atoms with Crippen LogP contribution in [-0.4, -0.2) is 14.5 Å². The highest BCUT2D eigenvalue weighted by Gasteiger charge is 2.29. The first-order chi connectivity index (χ1) is 9.42. The third-order valence-corrected chi connectivity index (χ3v) is 4.76. The minimum Gasteiger partial charge on any atom is -0.253 e. The number of rotatable bonds is 0. The van der Waals surface area contributed by atoms with Crippen LogP contribution in [0.3, 0.4) is 0 Å². The number of thiazole rings is 1. The Labute approximate surface area is 112 Å². The Morgan fingerprint density at radius 2 is 2.05 bits per heavy atom. The van der Waals surface area contributed by atoms with Crippen LogP contribution < -0.4 is 4.40 Å². The SMILES string of the molecule is c1cnc2c(c1)Cn1c-2c[n+]2c3ncccc3sc12. The number of nitrogens with zero attached hydrogens (tertiary/aromatic N) is 4. The molecule has 0 fully saturated rings. The highest BCUT2D eigenvalue weighted by molar-refractivity contribution is 7.22. The van der Waals surface area contributed by atoms with E-state index in [1.165, 1.54) is 20.9 Å². The van der Waals surface area contributed by atoms with Crippen LogP contribution in [0.5, 0.6) is 0 Å². The molecule has 0 aliphatic carbocycles. The maximum Gasteiger partial charge on any atom is 0.293 e. The van der Waals surface area contributed by atoms with E-state index < -0.39 is 0 Å². The Morgan fingerprint density at radius 1 is 1.16 bits per heavy atom. The summed E-state index contributed by atoms with van der Waals surface area (Å²) in [7, 11) is 0. The molecule has 4 aromatic heterocycles. The van der Waals surface area contributed by atoms with Crippen LogP contribution in [0.15, 0.2) is 42.9 Å². The van der Waals surface area contributed by atoms with Crippen molar-refractivity contribution < 1.29 is 4.40 Å². The second-order valence-electron chi connectivity index (χ2n) is 4.69. The Hall–Kier alpha value is -2.27. The zero-order valence-electron chi connectivity index (χ0n) is 9.95. The van der Waals surface area contributed by atoms with Gasteiger partial charge < -0.3 is 0 Å². The predicted octanol–water partition coefficient (Wildman–Crippen LogP) is 2.26. The molecule has 0 saturated heterocycles. The van der Waals surface area contributed by atoms with E-state index in [1.807, 2.05) is 24.5 Å². The lowest BCUT2D eigenvalue weighted by Crippen LogP contribution is -2.17. The van der Waals surface area contributed by atoms with Crippen molar-refractivity contribution in [3.05, 3.63) is 48.4 Å². The van der Waals surface area contributed by atoms with Crippen LogP contribution in [0.25, 0.3) is 26.7 Å². The first kappa shape index (κ1) is 9.63. The number of hydrogen-bond acceptors (Lipinski definition) is 3. The minimum absolute atomic E-state index is 0.905. The molecule has 5 rings (SSSR count). The second kappa shape index (κ2) is 3.19. The average molecular weight is 265 g/mol. The van der Waals surface area contributed by atoms with E-state index in [-0.39, 0.29) is 0 Å². The molecule has 1 aliphatic heterocycles. The van der Waals surface area contributed by atoms with E-state index in [9.17, 15) is 0 Å². The Morgan fingerprint density at radius 3 is 3.05 bits per heavy atom. The summed E-state index contributed by atoms with van der Waals surface area (Å²) in [6.07, 6.45) is 5.85. The van der Waals surface area contributed by atoms with Gasteiger partial charge in [-0.1, -0.05) is 17.4 Å². The molecule has 0 amide bonds. The number of aromatic nitrogens is 4. The van der Waals surface area contributed by atoms with Gasteiger partial charge in [-0.2, -0.15) is 4.40 Å². The molecule has 0 spiro atoms. The quantitative estimate of drug-likeness (QED) is 0.403. The van der Waals surface area contributed by atoms with E-state index in [0.29, 0.717) is 0 Å². The topological polar surface area (TPSA) is 34.8 Å². The molecule has 0 aromatic carbocycles. The summed E-state index contributed by atoms with van der Waals surface area (Å²) in [5, 5.41) is 0. The molecular formula is C14H9N4S+.